The van der Waals surface area contributed by atoms with Crippen LogP contribution in [0.2, 0.25) is 0 Å². The molecule has 0 aromatic heterocycles. The minimum absolute atomic E-state index is 0.0171. The number of fused-ring (bicyclic) bond motifs is 1. The molecule has 5 heteroatoms. The second kappa shape index (κ2) is 8.73. The molecular formula is C29H34N4O. The predicted molar refractivity (Wildman–Crippen MR) is 141 cm³/mol. The molecule has 5 rings (SSSR count). The van der Waals surface area contributed by atoms with Gasteiger partial charge in [0.05, 0.1) is 13.3 Å². The number of hydrogen-bond donors (Lipinski definition) is 0. The Morgan fingerprint density at radius 3 is 2.18 bits per heavy atom. The van der Waals surface area contributed by atoms with Crippen molar-refractivity contribution in [3.05, 3.63) is 90.8 Å². The van der Waals surface area contributed by atoms with Crippen molar-refractivity contribution in [2.24, 2.45) is 0 Å². The average Bonchev–Trinajstić information content (AvgIpc) is 3.33. The van der Waals surface area contributed by atoms with Gasteiger partial charge in [-0.25, -0.2) is 0 Å². The minimum atomic E-state index is -0.0171. The third-order valence-corrected chi connectivity index (χ3v) is 7.09. The van der Waals surface area contributed by atoms with Crippen molar-refractivity contribution in [1.29, 1.82) is 0 Å². The van der Waals surface area contributed by atoms with E-state index < -0.39 is 0 Å². The highest BCUT2D eigenvalue weighted by atomic mass is 16.5. The van der Waals surface area contributed by atoms with E-state index in [-0.39, 0.29) is 5.54 Å². The number of anilines is 3. The Balaban J connectivity index is 1.39. The number of nitrogens with zero attached hydrogens (tertiary/aromatic N) is 4. The fraction of sp³-hybridized carbons (Fsp3) is 0.310. The molecule has 0 bridgehead atoms. The van der Waals surface area contributed by atoms with E-state index in [4.69, 9.17) is 4.74 Å². The van der Waals surface area contributed by atoms with Gasteiger partial charge >= 0.3 is 0 Å². The van der Waals surface area contributed by atoms with Crippen molar-refractivity contribution in [2.75, 3.05) is 30.2 Å². The molecule has 0 spiro atoms. The molecule has 0 fully saturated rings. The van der Waals surface area contributed by atoms with Gasteiger partial charge in [-0.15, -0.1) is 0 Å². The smallest absolute Gasteiger partial charge is 0.129 e. The van der Waals surface area contributed by atoms with Crippen molar-refractivity contribution in [3.8, 4) is 11.5 Å². The van der Waals surface area contributed by atoms with Crippen molar-refractivity contribution in [1.82, 2.24) is 9.80 Å². The molecule has 0 N–H and O–H groups in total. The molecular weight excluding hydrogens is 420 g/mol. The fourth-order valence-electron chi connectivity index (χ4n) is 4.63. The maximum Gasteiger partial charge on any atom is 0.129 e. The Hall–Kier alpha value is -3.44. The van der Waals surface area contributed by atoms with Gasteiger partial charge < -0.3 is 19.4 Å². The van der Waals surface area contributed by atoms with E-state index in [0.717, 1.165) is 36.2 Å². The fourth-order valence-corrected chi connectivity index (χ4v) is 4.63. The number of ether oxygens (including phenoxy) is 1. The molecule has 0 aliphatic carbocycles. The van der Waals surface area contributed by atoms with Crippen LogP contribution in [0.25, 0.3) is 0 Å². The molecule has 3 aromatic rings. The Morgan fingerprint density at radius 2 is 1.47 bits per heavy atom. The average molecular weight is 455 g/mol. The van der Waals surface area contributed by atoms with Gasteiger partial charge in [0.25, 0.3) is 0 Å². The van der Waals surface area contributed by atoms with Gasteiger partial charge in [0.2, 0.25) is 0 Å². The third kappa shape index (κ3) is 4.12. The molecule has 0 saturated heterocycles. The van der Waals surface area contributed by atoms with Gasteiger partial charge in [-0.05, 0) is 70.6 Å². The summed E-state index contributed by atoms with van der Waals surface area (Å²) in [5, 5.41) is 0. The lowest BCUT2D eigenvalue weighted by atomic mass is 9.88. The molecule has 2 aliphatic heterocycles. The summed E-state index contributed by atoms with van der Waals surface area (Å²) in [5.41, 5.74) is 4.81. The van der Waals surface area contributed by atoms with Crippen LogP contribution in [-0.2, 0) is 5.54 Å². The van der Waals surface area contributed by atoms with Crippen LogP contribution in [0.3, 0.4) is 0 Å². The van der Waals surface area contributed by atoms with Crippen LogP contribution in [-0.4, -0.2) is 36.2 Å². The molecule has 0 saturated carbocycles. The zero-order chi connectivity index (χ0) is 23.9. The van der Waals surface area contributed by atoms with Gasteiger partial charge in [-0.3, -0.25) is 4.90 Å². The number of para-hydroxylation sites is 1. The lowest BCUT2D eigenvalue weighted by molar-refractivity contribution is 0.150. The standard InChI is InChI=1S/C29H34N4O/c1-22(2)31-16-17-32(21-31)23-10-8-12-25(18-23)34-26-13-9-11-24(19-26)33-20-30(5)29(3,4)27-14-6-7-15-28(27)33/h6-19,22H,20-21H2,1-5H3. The van der Waals surface area contributed by atoms with Crippen LogP contribution in [0.4, 0.5) is 17.1 Å². The number of benzene rings is 3. The first-order chi connectivity index (χ1) is 16.3. The Kier molecular flexibility index (Phi) is 5.74. The van der Waals surface area contributed by atoms with E-state index in [1.54, 1.807) is 0 Å². The highest BCUT2D eigenvalue weighted by molar-refractivity contribution is 5.70. The van der Waals surface area contributed by atoms with Crippen LogP contribution >= 0.6 is 0 Å². The van der Waals surface area contributed by atoms with Crippen LogP contribution < -0.4 is 14.5 Å². The summed E-state index contributed by atoms with van der Waals surface area (Å²) in [6.45, 7) is 10.7. The number of rotatable bonds is 5. The van der Waals surface area contributed by atoms with Crippen LogP contribution in [0.1, 0.15) is 33.3 Å². The maximum absolute atomic E-state index is 6.34. The minimum Gasteiger partial charge on any atom is -0.457 e. The van der Waals surface area contributed by atoms with Crippen LogP contribution in [0, 0.1) is 0 Å². The van der Waals surface area contributed by atoms with E-state index in [1.807, 2.05) is 12.1 Å². The summed E-state index contributed by atoms with van der Waals surface area (Å²) in [5.74, 6) is 1.67. The maximum atomic E-state index is 6.34. The summed E-state index contributed by atoms with van der Waals surface area (Å²) >= 11 is 0. The SMILES string of the molecule is CC(C)N1C=CN(c2cccc(Oc3cccc(N4CN(C)C(C)(C)c5ccccc54)c3)c2)C1. The van der Waals surface area contributed by atoms with Crippen LogP contribution in [0.15, 0.2) is 85.2 Å². The molecule has 0 unspecified atom stereocenters. The summed E-state index contributed by atoms with van der Waals surface area (Å²) in [4.78, 5) is 9.30. The molecule has 0 amide bonds. The highest BCUT2D eigenvalue weighted by Crippen LogP contribution is 2.42. The van der Waals surface area contributed by atoms with Crippen molar-refractivity contribution >= 4 is 17.1 Å². The molecule has 3 aromatic carbocycles. The quantitative estimate of drug-likeness (QED) is 0.426. The van der Waals surface area contributed by atoms with Crippen molar-refractivity contribution < 1.29 is 4.74 Å². The first-order valence-electron chi connectivity index (χ1n) is 12.0. The molecule has 2 heterocycles. The van der Waals surface area contributed by atoms with Gasteiger partial charge in [0.15, 0.2) is 0 Å². The lowest BCUT2D eigenvalue weighted by Gasteiger charge is -2.47. The van der Waals surface area contributed by atoms with Crippen LogP contribution in [0.5, 0.6) is 11.5 Å². The predicted octanol–water partition coefficient (Wildman–Crippen LogP) is 6.71. The molecule has 5 nitrogen and oxygen atoms in total. The monoisotopic (exact) mass is 454 g/mol. The Morgan fingerprint density at radius 1 is 0.794 bits per heavy atom. The Bertz CT molecular complexity index is 1200. The summed E-state index contributed by atoms with van der Waals surface area (Å²) in [7, 11) is 2.18. The highest BCUT2D eigenvalue weighted by Gasteiger charge is 2.35. The van der Waals surface area contributed by atoms with E-state index >= 15 is 0 Å². The lowest BCUT2D eigenvalue weighted by Crippen LogP contribution is -2.49. The number of hydrogen-bond acceptors (Lipinski definition) is 5. The summed E-state index contributed by atoms with van der Waals surface area (Å²) in [6.07, 6.45) is 4.28. The Labute approximate surface area is 203 Å². The largest absolute Gasteiger partial charge is 0.457 e. The first kappa shape index (κ1) is 22.4. The van der Waals surface area contributed by atoms with E-state index in [1.165, 1.54) is 11.3 Å². The zero-order valence-electron chi connectivity index (χ0n) is 20.8. The molecule has 176 valence electrons. The van der Waals surface area contributed by atoms with Gasteiger partial charge in [-0.2, -0.15) is 0 Å². The zero-order valence-corrected chi connectivity index (χ0v) is 20.8. The van der Waals surface area contributed by atoms with Gasteiger partial charge in [0, 0.05) is 53.2 Å². The van der Waals surface area contributed by atoms with E-state index in [2.05, 4.69) is 127 Å². The second-order valence-electron chi connectivity index (χ2n) is 9.96. The van der Waals surface area contributed by atoms with Crippen molar-refractivity contribution in [3.63, 3.8) is 0 Å². The third-order valence-electron chi connectivity index (χ3n) is 7.09. The van der Waals surface area contributed by atoms with E-state index in [9.17, 15) is 0 Å². The van der Waals surface area contributed by atoms with E-state index in [0.29, 0.717) is 6.04 Å². The molecule has 34 heavy (non-hydrogen) atoms. The van der Waals surface area contributed by atoms with Gasteiger partial charge in [0.1, 0.15) is 11.5 Å². The first-order valence-corrected chi connectivity index (χ1v) is 12.0. The van der Waals surface area contributed by atoms with Gasteiger partial charge in [-0.1, -0.05) is 30.3 Å². The summed E-state index contributed by atoms with van der Waals surface area (Å²) in [6, 6.07) is 25.8. The normalized spacial score (nSPS) is 17.4. The summed E-state index contributed by atoms with van der Waals surface area (Å²) < 4.78 is 6.34. The topological polar surface area (TPSA) is 22.2 Å². The van der Waals surface area contributed by atoms with Crippen molar-refractivity contribution in [2.45, 2.75) is 39.3 Å². The molecule has 0 atom stereocenters. The molecule has 2 aliphatic rings. The molecule has 0 radical (unpaired) electrons. The second-order valence-corrected chi connectivity index (χ2v) is 9.96.